The Bertz CT molecular complexity index is 465. The van der Waals surface area contributed by atoms with E-state index in [1.165, 1.54) is 0 Å². The van der Waals surface area contributed by atoms with Crippen LogP contribution in [0, 0.1) is 0 Å². The maximum Gasteiger partial charge on any atom is 0.191 e. The third kappa shape index (κ3) is 10.1. The standard InChI is InChI=1S/C16H31N5S.HI/c1-7-17-15(18-8-9-20-16(4,5)6)19-10-14-21-13(11-22-14)12(2)3;/h11-12,20H,7-10H2,1-6H3,(H2,17,18,19);1H. The summed E-state index contributed by atoms with van der Waals surface area (Å²) < 4.78 is 0. The van der Waals surface area contributed by atoms with E-state index in [1.54, 1.807) is 11.3 Å². The van der Waals surface area contributed by atoms with Gasteiger partial charge in [0, 0.05) is 30.6 Å². The van der Waals surface area contributed by atoms with Crippen molar-refractivity contribution < 1.29 is 0 Å². The third-order valence-corrected chi connectivity index (χ3v) is 3.80. The Kier molecular flexibility index (Phi) is 11.0. The van der Waals surface area contributed by atoms with Gasteiger partial charge >= 0.3 is 0 Å². The molecule has 0 aromatic carbocycles. The number of rotatable bonds is 7. The number of aromatic nitrogens is 1. The summed E-state index contributed by atoms with van der Waals surface area (Å²) >= 11 is 1.68. The SMILES string of the molecule is CCNC(=NCc1nc(C(C)C)cs1)NCCNC(C)(C)C.I. The van der Waals surface area contributed by atoms with Gasteiger partial charge in [-0.15, -0.1) is 35.3 Å². The molecule has 0 saturated carbocycles. The molecule has 0 spiro atoms. The van der Waals surface area contributed by atoms with Gasteiger partial charge in [-0.2, -0.15) is 0 Å². The summed E-state index contributed by atoms with van der Waals surface area (Å²) in [6.07, 6.45) is 0. The quantitative estimate of drug-likeness (QED) is 0.257. The molecule has 1 aromatic rings. The smallest absolute Gasteiger partial charge is 0.191 e. The molecular weight excluding hydrogens is 421 g/mol. The molecule has 1 aromatic heterocycles. The predicted molar refractivity (Wildman–Crippen MR) is 112 cm³/mol. The van der Waals surface area contributed by atoms with Gasteiger partial charge in [-0.1, -0.05) is 13.8 Å². The molecule has 0 saturated heterocycles. The van der Waals surface area contributed by atoms with Crippen molar-refractivity contribution in [3.8, 4) is 0 Å². The Labute approximate surface area is 162 Å². The fraction of sp³-hybridized carbons (Fsp3) is 0.750. The van der Waals surface area contributed by atoms with Crippen LogP contribution < -0.4 is 16.0 Å². The molecule has 1 rings (SSSR count). The highest BCUT2D eigenvalue weighted by molar-refractivity contribution is 14.0. The first-order valence-electron chi connectivity index (χ1n) is 8.03. The molecule has 0 radical (unpaired) electrons. The van der Waals surface area contributed by atoms with Crippen LogP contribution in [-0.4, -0.2) is 36.1 Å². The second-order valence-corrected chi connectivity index (χ2v) is 7.56. The van der Waals surface area contributed by atoms with Gasteiger partial charge < -0.3 is 16.0 Å². The van der Waals surface area contributed by atoms with Crippen molar-refractivity contribution in [2.45, 2.75) is 59.5 Å². The van der Waals surface area contributed by atoms with Crippen LogP contribution in [0.3, 0.4) is 0 Å². The van der Waals surface area contributed by atoms with E-state index in [-0.39, 0.29) is 29.5 Å². The highest BCUT2D eigenvalue weighted by Crippen LogP contribution is 2.18. The fourth-order valence-corrected chi connectivity index (χ4v) is 2.65. The number of guanidine groups is 1. The van der Waals surface area contributed by atoms with E-state index in [9.17, 15) is 0 Å². The van der Waals surface area contributed by atoms with E-state index in [0.717, 1.165) is 36.3 Å². The molecule has 1 heterocycles. The van der Waals surface area contributed by atoms with Crippen molar-refractivity contribution in [2.75, 3.05) is 19.6 Å². The highest BCUT2D eigenvalue weighted by Gasteiger charge is 2.08. The van der Waals surface area contributed by atoms with E-state index >= 15 is 0 Å². The highest BCUT2D eigenvalue weighted by atomic mass is 127. The molecule has 0 aliphatic carbocycles. The predicted octanol–water partition coefficient (Wildman–Crippen LogP) is 3.33. The second kappa shape index (κ2) is 11.2. The number of nitrogens with zero attached hydrogens (tertiary/aromatic N) is 2. The van der Waals surface area contributed by atoms with Crippen molar-refractivity contribution in [1.82, 2.24) is 20.9 Å². The normalized spacial score (nSPS) is 12.2. The molecule has 7 heteroatoms. The summed E-state index contributed by atoms with van der Waals surface area (Å²) in [4.78, 5) is 9.22. The molecule has 134 valence electrons. The first-order chi connectivity index (χ1) is 10.3. The first kappa shape index (κ1) is 22.6. The summed E-state index contributed by atoms with van der Waals surface area (Å²) in [6.45, 7) is 16.1. The summed E-state index contributed by atoms with van der Waals surface area (Å²) in [5.41, 5.74) is 1.30. The van der Waals surface area contributed by atoms with Crippen LogP contribution in [0.1, 0.15) is 58.2 Å². The van der Waals surface area contributed by atoms with Gasteiger partial charge in [-0.05, 0) is 33.6 Å². The van der Waals surface area contributed by atoms with Crippen molar-refractivity contribution >= 4 is 41.3 Å². The topological polar surface area (TPSA) is 61.3 Å². The van der Waals surface area contributed by atoms with Crippen molar-refractivity contribution in [1.29, 1.82) is 0 Å². The van der Waals surface area contributed by atoms with Gasteiger partial charge in [0.1, 0.15) is 5.01 Å². The van der Waals surface area contributed by atoms with Crippen LogP contribution in [0.15, 0.2) is 10.4 Å². The number of hydrogen-bond donors (Lipinski definition) is 3. The fourth-order valence-electron chi connectivity index (χ4n) is 1.77. The third-order valence-electron chi connectivity index (χ3n) is 2.95. The number of nitrogens with one attached hydrogen (secondary N) is 3. The zero-order valence-corrected chi connectivity index (χ0v) is 18.3. The lowest BCUT2D eigenvalue weighted by atomic mass is 10.1. The van der Waals surface area contributed by atoms with Crippen LogP contribution >= 0.6 is 35.3 Å². The summed E-state index contributed by atoms with van der Waals surface area (Å²) in [5.74, 6) is 1.32. The Hall–Kier alpha value is -0.410. The maximum atomic E-state index is 4.61. The van der Waals surface area contributed by atoms with Crippen molar-refractivity contribution in [3.63, 3.8) is 0 Å². The maximum absolute atomic E-state index is 4.61. The molecule has 5 nitrogen and oxygen atoms in total. The van der Waals surface area contributed by atoms with Crippen LogP contribution in [0.25, 0.3) is 0 Å². The molecular formula is C16H32IN5S. The minimum atomic E-state index is 0. The average molecular weight is 453 g/mol. The summed E-state index contributed by atoms with van der Waals surface area (Å²) in [6, 6.07) is 0. The van der Waals surface area contributed by atoms with Crippen LogP contribution in [0.5, 0.6) is 0 Å². The summed E-state index contributed by atoms with van der Waals surface area (Å²) in [7, 11) is 0. The molecule has 0 fully saturated rings. The largest absolute Gasteiger partial charge is 0.357 e. The van der Waals surface area contributed by atoms with Crippen LogP contribution in [0.4, 0.5) is 0 Å². The lowest BCUT2D eigenvalue weighted by Gasteiger charge is -2.21. The number of thiazole rings is 1. The van der Waals surface area contributed by atoms with Crippen molar-refractivity contribution in [3.05, 3.63) is 16.1 Å². The van der Waals surface area contributed by atoms with Gasteiger partial charge in [0.05, 0.1) is 12.2 Å². The van der Waals surface area contributed by atoms with Crippen LogP contribution in [-0.2, 0) is 6.54 Å². The van der Waals surface area contributed by atoms with Gasteiger partial charge in [-0.3, -0.25) is 0 Å². The number of hydrogen-bond acceptors (Lipinski definition) is 4. The Morgan fingerprint density at radius 3 is 2.48 bits per heavy atom. The average Bonchev–Trinajstić information content (AvgIpc) is 2.88. The van der Waals surface area contributed by atoms with E-state index in [2.05, 4.69) is 72.8 Å². The lowest BCUT2D eigenvalue weighted by Crippen LogP contribution is -2.44. The van der Waals surface area contributed by atoms with Gasteiger partial charge in [-0.25, -0.2) is 9.98 Å². The van der Waals surface area contributed by atoms with E-state index < -0.39 is 0 Å². The Balaban J connectivity index is 0.00000484. The van der Waals surface area contributed by atoms with E-state index in [1.807, 2.05) is 0 Å². The molecule has 23 heavy (non-hydrogen) atoms. The summed E-state index contributed by atoms with van der Waals surface area (Å²) in [5, 5.41) is 13.3. The first-order valence-corrected chi connectivity index (χ1v) is 8.91. The molecule has 0 aliphatic heterocycles. The molecule has 0 bridgehead atoms. The Morgan fingerprint density at radius 2 is 1.96 bits per heavy atom. The molecule has 0 aliphatic rings. The minimum absolute atomic E-state index is 0. The number of aliphatic imine (C=N–C) groups is 1. The Morgan fingerprint density at radius 1 is 1.26 bits per heavy atom. The van der Waals surface area contributed by atoms with Gasteiger partial charge in [0.15, 0.2) is 5.96 Å². The lowest BCUT2D eigenvalue weighted by molar-refractivity contribution is 0.428. The zero-order valence-electron chi connectivity index (χ0n) is 15.2. The minimum Gasteiger partial charge on any atom is -0.357 e. The van der Waals surface area contributed by atoms with Crippen LogP contribution in [0.2, 0.25) is 0 Å². The molecule has 0 amide bonds. The molecule has 0 unspecified atom stereocenters. The zero-order chi connectivity index (χ0) is 16.6. The second-order valence-electron chi connectivity index (χ2n) is 6.62. The molecule has 0 atom stereocenters. The number of halogens is 1. The van der Waals surface area contributed by atoms with E-state index in [0.29, 0.717) is 12.5 Å². The van der Waals surface area contributed by atoms with Gasteiger partial charge in [0.2, 0.25) is 0 Å². The van der Waals surface area contributed by atoms with Crippen molar-refractivity contribution in [2.24, 2.45) is 4.99 Å². The molecule has 3 N–H and O–H groups in total. The van der Waals surface area contributed by atoms with Gasteiger partial charge in [0.25, 0.3) is 0 Å². The van der Waals surface area contributed by atoms with E-state index in [4.69, 9.17) is 0 Å². The monoisotopic (exact) mass is 453 g/mol.